The molecule has 6 nitrogen and oxygen atoms in total. The van der Waals surface area contributed by atoms with Gasteiger partial charge < -0.3 is 19.9 Å². The van der Waals surface area contributed by atoms with Crippen molar-refractivity contribution in [3.8, 4) is 0 Å². The molecule has 2 heterocycles. The largest absolute Gasteiger partial charge is 0.378 e. The van der Waals surface area contributed by atoms with E-state index in [1.54, 1.807) is 4.90 Å². The van der Waals surface area contributed by atoms with E-state index in [4.69, 9.17) is 4.74 Å². The van der Waals surface area contributed by atoms with Crippen LogP contribution >= 0.6 is 0 Å². The van der Waals surface area contributed by atoms with Crippen LogP contribution in [0.15, 0.2) is 48.5 Å². The van der Waals surface area contributed by atoms with Gasteiger partial charge in [0.15, 0.2) is 0 Å². The van der Waals surface area contributed by atoms with Crippen molar-refractivity contribution in [3.63, 3.8) is 0 Å². The van der Waals surface area contributed by atoms with E-state index in [9.17, 15) is 9.59 Å². The number of nitrogens with one attached hydrogen (secondary N) is 1. The lowest BCUT2D eigenvalue weighted by Gasteiger charge is -2.31. The molecule has 6 heteroatoms. The van der Waals surface area contributed by atoms with Crippen molar-refractivity contribution in [3.05, 3.63) is 54.1 Å². The standard InChI is InChI=1S/C21H23N3O3/c25-20(21(26)24-11-5-7-16-6-1-3-9-18(16)24)22-17-8-2-4-10-19(17)23-12-14-27-15-13-23/h1-4,6,8-10H,5,7,11-15H2,(H,22,25). The second kappa shape index (κ2) is 7.80. The van der Waals surface area contributed by atoms with Crippen LogP contribution in [-0.2, 0) is 20.7 Å². The van der Waals surface area contributed by atoms with E-state index in [1.807, 2.05) is 48.5 Å². The van der Waals surface area contributed by atoms with Crippen molar-refractivity contribution in [2.45, 2.75) is 12.8 Å². The molecule has 0 aromatic heterocycles. The van der Waals surface area contributed by atoms with Crippen LogP contribution < -0.4 is 15.1 Å². The average molecular weight is 365 g/mol. The zero-order valence-electron chi connectivity index (χ0n) is 15.2. The Morgan fingerprint density at radius 3 is 2.41 bits per heavy atom. The van der Waals surface area contributed by atoms with E-state index >= 15 is 0 Å². The minimum atomic E-state index is -0.604. The molecule has 27 heavy (non-hydrogen) atoms. The van der Waals surface area contributed by atoms with Gasteiger partial charge in [0, 0.05) is 25.3 Å². The Labute approximate surface area is 158 Å². The van der Waals surface area contributed by atoms with E-state index in [0.29, 0.717) is 25.4 Å². The Morgan fingerprint density at radius 1 is 0.889 bits per heavy atom. The molecule has 0 saturated carbocycles. The second-order valence-electron chi connectivity index (χ2n) is 6.76. The van der Waals surface area contributed by atoms with Crippen LogP contribution in [-0.4, -0.2) is 44.7 Å². The first kappa shape index (κ1) is 17.5. The van der Waals surface area contributed by atoms with Crippen molar-refractivity contribution in [2.24, 2.45) is 0 Å². The molecule has 0 radical (unpaired) electrons. The van der Waals surface area contributed by atoms with Gasteiger partial charge in [-0.25, -0.2) is 0 Å². The van der Waals surface area contributed by atoms with Gasteiger partial charge in [-0.1, -0.05) is 30.3 Å². The minimum Gasteiger partial charge on any atom is -0.378 e. The fourth-order valence-electron chi connectivity index (χ4n) is 3.70. The summed E-state index contributed by atoms with van der Waals surface area (Å²) in [6.45, 7) is 3.41. The summed E-state index contributed by atoms with van der Waals surface area (Å²) in [5.41, 5.74) is 3.52. The van der Waals surface area contributed by atoms with E-state index in [2.05, 4.69) is 10.2 Å². The van der Waals surface area contributed by atoms with Gasteiger partial charge in [-0.15, -0.1) is 0 Å². The normalized spacial score (nSPS) is 16.6. The van der Waals surface area contributed by atoms with E-state index in [-0.39, 0.29) is 0 Å². The highest BCUT2D eigenvalue weighted by molar-refractivity contribution is 6.44. The lowest BCUT2D eigenvalue weighted by molar-refractivity contribution is -0.134. The fraction of sp³-hybridized carbons (Fsp3) is 0.333. The summed E-state index contributed by atoms with van der Waals surface area (Å²) in [7, 11) is 0. The van der Waals surface area contributed by atoms with Crippen molar-refractivity contribution >= 4 is 28.9 Å². The van der Waals surface area contributed by atoms with Crippen LogP contribution in [0.5, 0.6) is 0 Å². The lowest BCUT2D eigenvalue weighted by atomic mass is 10.0. The molecule has 1 N–H and O–H groups in total. The summed E-state index contributed by atoms with van der Waals surface area (Å²) in [4.78, 5) is 29.3. The van der Waals surface area contributed by atoms with Gasteiger partial charge in [-0.05, 0) is 36.6 Å². The highest BCUT2D eigenvalue weighted by Gasteiger charge is 2.28. The number of carbonyl (C=O) groups is 2. The van der Waals surface area contributed by atoms with Crippen LogP contribution in [0.25, 0.3) is 0 Å². The van der Waals surface area contributed by atoms with Gasteiger partial charge in [-0.2, -0.15) is 0 Å². The smallest absolute Gasteiger partial charge is 0.316 e. The number of para-hydroxylation sites is 3. The molecule has 1 saturated heterocycles. The topological polar surface area (TPSA) is 61.9 Å². The molecule has 2 aliphatic rings. The molecule has 2 aromatic rings. The quantitative estimate of drug-likeness (QED) is 0.831. The van der Waals surface area contributed by atoms with Crippen LogP contribution in [0.3, 0.4) is 0 Å². The van der Waals surface area contributed by atoms with E-state index in [1.165, 1.54) is 0 Å². The summed E-state index contributed by atoms with van der Waals surface area (Å²) < 4.78 is 5.40. The number of amides is 2. The lowest BCUT2D eigenvalue weighted by Crippen LogP contribution is -2.43. The zero-order valence-corrected chi connectivity index (χ0v) is 15.2. The Morgan fingerprint density at radius 2 is 1.59 bits per heavy atom. The molecular formula is C21H23N3O3. The first-order valence-corrected chi connectivity index (χ1v) is 9.36. The molecule has 2 amide bonds. The predicted molar refractivity (Wildman–Crippen MR) is 105 cm³/mol. The monoisotopic (exact) mass is 365 g/mol. The van der Waals surface area contributed by atoms with Crippen molar-refractivity contribution in [1.29, 1.82) is 0 Å². The number of benzene rings is 2. The van der Waals surface area contributed by atoms with Gasteiger partial charge in [0.1, 0.15) is 0 Å². The van der Waals surface area contributed by atoms with E-state index < -0.39 is 11.8 Å². The third-order valence-electron chi connectivity index (χ3n) is 5.05. The zero-order chi connectivity index (χ0) is 18.6. The molecular weight excluding hydrogens is 342 g/mol. The Hall–Kier alpha value is -2.86. The highest BCUT2D eigenvalue weighted by Crippen LogP contribution is 2.29. The average Bonchev–Trinajstić information content (AvgIpc) is 2.74. The third kappa shape index (κ3) is 3.66. The molecule has 1 fully saturated rings. The molecule has 2 aliphatic heterocycles. The first-order valence-electron chi connectivity index (χ1n) is 9.36. The number of hydrogen-bond acceptors (Lipinski definition) is 4. The Kier molecular flexibility index (Phi) is 5.07. The Balaban J connectivity index is 1.53. The predicted octanol–water partition coefficient (Wildman–Crippen LogP) is 2.44. The van der Waals surface area contributed by atoms with Gasteiger partial charge in [0.05, 0.1) is 24.6 Å². The molecule has 0 bridgehead atoms. The number of carbonyl (C=O) groups excluding carboxylic acids is 2. The van der Waals surface area contributed by atoms with Crippen molar-refractivity contribution < 1.29 is 14.3 Å². The number of fused-ring (bicyclic) bond motifs is 1. The van der Waals surface area contributed by atoms with Crippen LogP contribution in [0.2, 0.25) is 0 Å². The Bertz CT molecular complexity index is 846. The van der Waals surface area contributed by atoms with Gasteiger partial charge in [0.25, 0.3) is 0 Å². The number of anilines is 3. The summed E-state index contributed by atoms with van der Waals surface area (Å²) >= 11 is 0. The second-order valence-corrected chi connectivity index (χ2v) is 6.76. The van der Waals surface area contributed by atoms with E-state index in [0.717, 1.165) is 42.9 Å². The van der Waals surface area contributed by atoms with Crippen molar-refractivity contribution in [1.82, 2.24) is 0 Å². The maximum absolute atomic E-state index is 12.8. The number of rotatable bonds is 2. The maximum atomic E-state index is 12.8. The summed E-state index contributed by atoms with van der Waals surface area (Å²) in [6, 6.07) is 15.4. The van der Waals surface area contributed by atoms with Crippen LogP contribution in [0.4, 0.5) is 17.1 Å². The van der Waals surface area contributed by atoms with Gasteiger partial charge in [-0.3, -0.25) is 9.59 Å². The molecule has 4 rings (SSSR count). The fourth-order valence-corrected chi connectivity index (χ4v) is 3.70. The number of nitrogens with zero attached hydrogens (tertiary/aromatic N) is 2. The number of aryl methyl sites for hydroxylation is 1. The van der Waals surface area contributed by atoms with Gasteiger partial charge >= 0.3 is 11.8 Å². The first-order chi connectivity index (χ1) is 13.2. The third-order valence-corrected chi connectivity index (χ3v) is 5.05. The number of ether oxygens (including phenoxy) is 1. The summed E-state index contributed by atoms with van der Waals surface area (Å²) in [6.07, 6.45) is 1.79. The number of hydrogen-bond donors (Lipinski definition) is 1. The molecule has 0 spiro atoms. The molecule has 0 aliphatic carbocycles. The molecule has 0 atom stereocenters. The highest BCUT2D eigenvalue weighted by atomic mass is 16.5. The van der Waals surface area contributed by atoms with Crippen molar-refractivity contribution in [2.75, 3.05) is 48.0 Å². The maximum Gasteiger partial charge on any atom is 0.316 e. The molecule has 2 aromatic carbocycles. The SMILES string of the molecule is O=C(Nc1ccccc1N1CCOCC1)C(=O)N1CCCc2ccccc21. The molecule has 140 valence electrons. The van der Waals surface area contributed by atoms with Crippen LogP contribution in [0.1, 0.15) is 12.0 Å². The van der Waals surface area contributed by atoms with Crippen LogP contribution in [0, 0.1) is 0 Å². The summed E-state index contributed by atoms with van der Waals surface area (Å²) in [5, 5.41) is 2.82. The summed E-state index contributed by atoms with van der Waals surface area (Å²) in [5.74, 6) is -1.12. The minimum absolute atomic E-state index is 0.515. The molecule has 0 unspecified atom stereocenters. The number of morpholine rings is 1. The van der Waals surface area contributed by atoms with Gasteiger partial charge in [0.2, 0.25) is 0 Å².